The van der Waals surface area contributed by atoms with Crippen LogP contribution in [0.1, 0.15) is 37.8 Å². The maximum Gasteiger partial charge on any atom is 0.0705 e. The second kappa shape index (κ2) is 4.87. The Bertz CT molecular complexity index is 498. The zero-order valence-corrected chi connectivity index (χ0v) is 10.2. The molecular formula is C16H19N. The standard InChI is InChI=1S/C16H19N/c1-2-6-13(7-3-1)12-15-11-10-14-8-4-5-9-16(14)17-15/h4-5,8-11,13H,1-3,6-7,12H2. The molecule has 0 saturated heterocycles. The highest BCUT2D eigenvalue weighted by molar-refractivity contribution is 5.78. The first-order chi connectivity index (χ1) is 8.42. The van der Waals surface area contributed by atoms with Gasteiger partial charge >= 0.3 is 0 Å². The van der Waals surface area contributed by atoms with Crippen LogP contribution in [0.2, 0.25) is 0 Å². The number of hydrogen-bond acceptors (Lipinski definition) is 1. The lowest BCUT2D eigenvalue weighted by Crippen LogP contribution is -2.10. The lowest BCUT2D eigenvalue weighted by Gasteiger charge is -2.21. The summed E-state index contributed by atoms with van der Waals surface area (Å²) in [5.74, 6) is 0.873. The van der Waals surface area contributed by atoms with Gasteiger partial charge in [0.05, 0.1) is 5.52 Å². The summed E-state index contributed by atoms with van der Waals surface area (Å²) in [5.41, 5.74) is 2.41. The van der Waals surface area contributed by atoms with Crippen LogP contribution in [0.4, 0.5) is 0 Å². The minimum atomic E-state index is 0.873. The van der Waals surface area contributed by atoms with Crippen LogP contribution >= 0.6 is 0 Å². The molecule has 0 aliphatic heterocycles. The number of benzene rings is 1. The molecule has 0 unspecified atom stereocenters. The number of nitrogens with zero attached hydrogens (tertiary/aromatic N) is 1. The van der Waals surface area contributed by atoms with Crippen LogP contribution in [0, 0.1) is 5.92 Å². The molecule has 0 amide bonds. The van der Waals surface area contributed by atoms with Gasteiger partial charge in [0.25, 0.3) is 0 Å². The van der Waals surface area contributed by atoms with E-state index in [1.807, 2.05) is 0 Å². The summed E-state index contributed by atoms with van der Waals surface area (Å²) in [4.78, 5) is 4.77. The third kappa shape index (κ3) is 2.49. The quantitative estimate of drug-likeness (QED) is 0.740. The Morgan fingerprint density at radius 3 is 2.65 bits per heavy atom. The number of fused-ring (bicyclic) bond motifs is 1. The van der Waals surface area contributed by atoms with Crippen molar-refractivity contribution in [2.24, 2.45) is 5.92 Å². The topological polar surface area (TPSA) is 12.9 Å². The van der Waals surface area contributed by atoms with E-state index >= 15 is 0 Å². The van der Waals surface area contributed by atoms with Gasteiger partial charge in [-0.15, -0.1) is 0 Å². The van der Waals surface area contributed by atoms with Gasteiger partial charge in [0, 0.05) is 11.1 Å². The van der Waals surface area contributed by atoms with Gasteiger partial charge in [-0.1, -0.05) is 56.4 Å². The number of aromatic nitrogens is 1. The van der Waals surface area contributed by atoms with Gasteiger partial charge in [0.1, 0.15) is 0 Å². The first-order valence-corrected chi connectivity index (χ1v) is 6.76. The number of rotatable bonds is 2. The lowest BCUT2D eigenvalue weighted by atomic mass is 9.86. The first kappa shape index (κ1) is 10.8. The summed E-state index contributed by atoms with van der Waals surface area (Å²) < 4.78 is 0. The average molecular weight is 225 g/mol. The molecule has 0 spiro atoms. The molecule has 0 bridgehead atoms. The molecule has 1 fully saturated rings. The predicted octanol–water partition coefficient (Wildman–Crippen LogP) is 4.36. The average Bonchev–Trinajstić information content (AvgIpc) is 2.40. The third-order valence-corrected chi connectivity index (χ3v) is 3.88. The van der Waals surface area contributed by atoms with E-state index < -0.39 is 0 Å². The molecule has 1 aromatic heterocycles. The molecule has 1 heteroatoms. The van der Waals surface area contributed by atoms with E-state index in [9.17, 15) is 0 Å². The summed E-state index contributed by atoms with van der Waals surface area (Å²) in [6.07, 6.45) is 8.23. The molecule has 17 heavy (non-hydrogen) atoms. The fraction of sp³-hybridized carbons (Fsp3) is 0.438. The SMILES string of the molecule is c1ccc2nc(CC3CCCCC3)ccc2c1. The van der Waals surface area contributed by atoms with E-state index in [1.165, 1.54) is 49.6 Å². The van der Waals surface area contributed by atoms with Crippen molar-refractivity contribution in [3.05, 3.63) is 42.1 Å². The largest absolute Gasteiger partial charge is 0.253 e. The maximum absolute atomic E-state index is 4.77. The highest BCUT2D eigenvalue weighted by Gasteiger charge is 2.14. The maximum atomic E-state index is 4.77. The summed E-state index contributed by atoms with van der Waals surface area (Å²) in [6, 6.07) is 12.8. The van der Waals surface area contributed by atoms with Gasteiger partial charge in [0.2, 0.25) is 0 Å². The zero-order chi connectivity index (χ0) is 11.5. The van der Waals surface area contributed by atoms with Crippen LogP contribution in [0.15, 0.2) is 36.4 Å². The molecule has 1 aliphatic carbocycles. The van der Waals surface area contributed by atoms with Crippen LogP contribution < -0.4 is 0 Å². The Hall–Kier alpha value is -1.37. The van der Waals surface area contributed by atoms with Crippen molar-refractivity contribution in [1.29, 1.82) is 0 Å². The van der Waals surface area contributed by atoms with Crippen LogP contribution in [0.5, 0.6) is 0 Å². The molecule has 3 rings (SSSR count). The van der Waals surface area contributed by atoms with Crippen molar-refractivity contribution >= 4 is 10.9 Å². The van der Waals surface area contributed by atoms with Crippen LogP contribution in [0.3, 0.4) is 0 Å². The van der Waals surface area contributed by atoms with Crippen molar-refractivity contribution in [3.8, 4) is 0 Å². The number of para-hydroxylation sites is 1. The predicted molar refractivity (Wildman–Crippen MR) is 72.0 cm³/mol. The molecule has 1 aromatic carbocycles. The van der Waals surface area contributed by atoms with Gasteiger partial charge in [-0.3, -0.25) is 4.98 Å². The lowest BCUT2D eigenvalue weighted by molar-refractivity contribution is 0.354. The normalized spacial score (nSPS) is 17.4. The Labute approximate surface area is 103 Å². The molecule has 0 N–H and O–H groups in total. The molecule has 2 aromatic rings. The number of pyridine rings is 1. The minimum Gasteiger partial charge on any atom is -0.253 e. The van der Waals surface area contributed by atoms with Crippen LogP contribution in [-0.4, -0.2) is 4.98 Å². The Balaban J connectivity index is 1.80. The highest BCUT2D eigenvalue weighted by atomic mass is 14.7. The minimum absolute atomic E-state index is 0.873. The highest BCUT2D eigenvalue weighted by Crippen LogP contribution is 2.26. The molecular weight excluding hydrogens is 206 g/mol. The first-order valence-electron chi connectivity index (χ1n) is 6.76. The Morgan fingerprint density at radius 2 is 1.76 bits per heavy atom. The van der Waals surface area contributed by atoms with E-state index in [2.05, 4.69) is 36.4 Å². The van der Waals surface area contributed by atoms with Gasteiger partial charge in [-0.2, -0.15) is 0 Å². The van der Waals surface area contributed by atoms with Gasteiger partial charge in [0.15, 0.2) is 0 Å². The van der Waals surface area contributed by atoms with Crippen molar-refractivity contribution < 1.29 is 0 Å². The molecule has 1 saturated carbocycles. The van der Waals surface area contributed by atoms with Crippen molar-refractivity contribution in [3.63, 3.8) is 0 Å². The van der Waals surface area contributed by atoms with E-state index in [1.54, 1.807) is 0 Å². The van der Waals surface area contributed by atoms with Crippen molar-refractivity contribution in [1.82, 2.24) is 4.98 Å². The Kier molecular flexibility index (Phi) is 3.08. The van der Waals surface area contributed by atoms with Crippen LogP contribution in [-0.2, 0) is 6.42 Å². The number of hydrogen-bond donors (Lipinski definition) is 0. The Morgan fingerprint density at radius 1 is 0.941 bits per heavy atom. The monoisotopic (exact) mass is 225 g/mol. The third-order valence-electron chi connectivity index (χ3n) is 3.88. The summed E-state index contributed by atoms with van der Waals surface area (Å²) in [7, 11) is 0. The molecule has 0 radical (unpaired) electrons. The molecule has 88 valence electrons. The smallest absolute Gasteiger partial charge is 0.0705 e. The zero-order valence-electron chi connectivity index (χ0n) is 10.2. The fourth-order valence-corrected chi connectivity index (χ4v) is 2.91. The van der Waals surface area contributed by atoms with E-state index in [4.69, 9.17) is 4.98 Å². The van der Waals surface area contributed by atoms with E-state index in [0.29, 0.717) is 0 Å². The fourth-order valence-electron chi connectivity index (χ4n) is 2.91. The van der Waals surface area contributed by atoms with Gasteiger partial charge in [-0.05, 0) is 24.5 Å². The van der Waals surface area contributed by atoms with Crippen molar-refractivity contribution in [2.75, 3.05) is 0 Å². The summed E-state index contributed by atoms with van der Waals surface area (Å²) in [6.45, 7) is 0. The van der Waals surface area contributed by atoms with Crippen molar-refractivity contribution in [2.45, 2.75) is 38.5 Å². The van der Waals surface area contributed by atoms with Gasteiger partial charge in [-0.25, -0.2) is 0 Å². The molecule has 0 atom stereocenters. The van der Waals surface area contributed by atoms with Crippen LogP contribution in [0.25, 0.3) is 10.9 Å². The molecule has 1 aliphatic rings. The van der Waals surface area contributed by atoms with E-state index in [-0.39, 0.29) is 0 Å². The van der Waals surface area contributed by atoms with E-state index in [0.717, 1.165) is 11.4 Å². The summed E-state index contributed by atoms with van der Waals surface area (Å²) >= 11 is 0. The second-order valence-corrected chi connectivity index (χ2v) is 5.20. The molecule has 1 nitrogen and oxygen atoms in total. The summed E-state index contributed by atoms with van der Waals surface area (Å²) in [5, 5.41) is 1.25. The second-order valence-electron chi connectivity index (χ2n) is 5.20. The van der Waals surface area contributed by atoms with Gasteiger partial charge < -0.3 is 0 Å². The molecule has 1 heterocycles.